The summed E-state index contributed by atoms with van der Waals surface area (Å²) in [5.74, 6) is 0.479. The van der Waals surface area contributed by atoms with E-state index in [4.69, 9.17) is 0 Å². The van der Waals surface area contributed by atoms with Crippen molar-refractivity contribution < 1.29 is 13.2 Å². The Bertz CT molecular complexity index is 965. The second-order valence-corrected chi connectivity index (χ2v) is 11.2. The molecule has 5 nitrogen and oxygen atoms in total. The standard InChI is InChI=1S/C21H26N2O3S2/c1-6-27-28(25,26)19-12-10-18(11-13-19)22-20(24)23-21(4,5)17-9-7-8-16(14-17)15(2)3/h7-14H,2,6H2,1,3-5H3,(H2,22,23,24). The molecule has 0 aromatic heterocycles. The number of hydrogen-bond acceptors (Lipinski definition) is 4. The molecule has 0 aliphatic rings. The van der Waals surface area contributed by atoms with Crippen molar-refractivity contribution >= 4 is 37.0 Å². The van der Waals surface area contributed by atoms with Crippen molar-refractivity contribution in [3.63, 3.8) is 0 Å². The highest BCUT2D eigenvalue weighted by Crippen LogP contribution is 2.25. The molecule has 28 heavy (non-hydrogen) atoms. The molecule has 0 radical (unpaired) electrons. The smallest absolute Gasteiger partial charge is 0.319 e. The van der Waals surface area contributed by atoms with Gasteiger partial charge >= 0.3 is 6.03 Å². The molecule has 0 saturated heterocycles. The van der Waals surface area contributed by atoms with Gasteiger partial charge in [-0.3, -0.25) is 0 Å². The van der Waals surface area contributed by atoms with E-state index in [0.29, 0.717) is 11.4 Å². The van der Waals surface area contributed by atoms with Crippen LogP contribution in [0.1, 0.15) is 38.8 Å². The fourth-order valence-electron chi connectivity index (χ4n) is 2.62. The van der Waals surface area contributed by atoms with Gasteiger partial charge in [-0.1, -0.05) is 37.3 Å². The second kappa shape index (κ2) is 8.84. The summed E-state index contributed by atoms with van der Waals surface area (Å²) in [6.45, 7) is 11.5. The topological polar surface area (TPSA) is 75.3 Å². The monoisotopic (exact) mass is 418 g/mol. The first-order valence-corrected chi connectivity index (χ1v) is 11.9. The molecule has 2 amide bonds. The molecule has 7 heteroatoms. The Morgan fingerprint density at radius 1 is 1.14 bits per heavy atom. The predicted octanol–water partition coefficient (Wildman–Crippen LogP) is 5.22. The van der Waals surface area contributed by atoms with Gasteiger partial charge in [0.2, 0.25) is 8.87 Å². The summed E-state index contributed by atoms with van der Waals surface area (Å²) in [5, 5.41) is 5.70. The number of carbonyl (C=O) groups is 1. The van der Waals surface area contributed by atoms with E-state index in [9.17, 15) is 13.2 Å². The third kappa shape index (κ3) is 5.62. The van der Waals surface area contributed by atoms with Crippen molar-refractivity contribution in [2.75, 3.05) is 11.1 Å². The molecule has 0 fully saturated rings. The minimum Gasteiger partial charge on any atom is -0.329 e. The predicted molar refractivity (Wildman–Crippen MR) is 118 cm³/mol. The van der Waals surface area contributed by atoms with Crippen LogP contribution >= 0.6 is 10.8 Å². The Labute approximate surface area is 170 Å². The summed E-state index contributed by atoms with van der Waals surface area (Å²) >= 11 is 0. The van der Waals surface area contributed by atoms with Crippen LogP contribution in [0.5, 0.6) is 0 Å². The van der Waals surface area contributed by atoms with Crippen molar-refractivity contribution in [1.29, 1.82) is 0 Å². The number of urea groups is 1. The van der Waals surface area contributed by atoms with Crippen LogP contribution in [0.4, 0.5) is 10.5 Å². The van der Waals surface area contributed by atoms with Crippen LogP contribution in [0.3, 0.4) is 0 Å². The first-order chi connectivity index (χ1) is 13.0. The molecule has 0 spiro atoms. The van der Waals surface area contributed by atoms with E-state index in [1.807, 2.05) is 45.0 Å². The van der Waals surface area contributed by atoms with Crippen molar-refractivity contribution in [1.82, 2.24) is 5.32 Å². The van der Waals surface area contributed by atoms with Crippen LogP contribution in [0.25, 0.3) is 5.57 Å². The van der Waals surface area contributed by atoms with Crippen molar-refractivity contribution in [2.45, 2.75) is 38.1 Å². The van der Waals surface area contributed by atoms with Gasteiger partial charge in [-0.2, -0.15) is 0 Å². The Morgan fingerprint density at radius 3 is 2.36 bits per heavy atom. The van der Waals surface area contributed by atoms with E-state index >= 15 is 0 Å². The van der Waals surface area contributed by atoms with Crippen molar-refractivity contribution in [3.8, 4) is 0 Å². The zero-order chi connectivity index (χ0) is 20.9. The summed E-state index contributed by atoms with van der Waals surface area (Å²) in [6.07, 6.45) is 0. The maximum atomic E-state index is 12.4. The molecule has 0 atom stereocenters. The lowest BCUT2D eigenvalue weighted by molar-refractivity contribution is 0.242. The average Bonchev–Trinajstić information content (AvgIpc) is 2.61. The van der Waals surface area contributed by atoms with E-state index in [1.165, 1.54) is 12.1 Å². The zero-order valence-electron chi connectivity index (χ0n) is 16.6. The fourth-order valence-corrected chi connectivity index (χ4v) is 5.21. The molecule has 0 saturated carbocycles. The molecule has 2 N–H and O–H groups in total. The number of amides is 2. The third-order valence-electron chi connectivity index (χ3n) is 4.18. The number of benzene rings is 2. The SMILES string of the molecule is C=C(C)c1cccc(C(C)(C)NC(=O)Nc2ccc(S(=O)(=O)SCC)cc2)c1. The van der Waals surface area contributed by atoms with Crippen LogP contribution < -0.4 is 10.6 Å². The van der Waals surface area contributed by atoms with Crippen LogP contribution in [0, 0.1) is 0 Å². The lowest BCUT2D eigenvalue weighted by Gasteiger charge is -2.27. The summed E-state index contributed by atoms with van der Waals surface area (Å²) in [6, 6.07) is 13.7. The second-order valence-electron chi connectivity index (χ2n) is 6.95. The quantitative estimate of drug-likeness (QED) is 0.605. The molecule has 0 unspecified atom stereocenters. The number of anilines is 1. The molecule has 0 aliphatic carbocycles. The van der Waals surface area contributed by atoms with Gasteiger partial charge in [-0.15, -0.1) is 0 Å². The third-order valence-corrected chi connectivity index (χ3v) is 7.79. The average molecular weight is 419 g/mol. The lowest BCUT2D eigenvalue weighted by Crippen LogP contribution is -2.43. The molecular formula is C21H26N2O3S2. The van der Waals surface area contributed by atoms with Gasteiger partial charge in [0.15, 0.2) is 0 Å². The van der Waals surface area contributed by atoms with E-state index in [0.717, 1.165) is 27.5 Å². The maximum Gasteiger partial charge on any atom is 0.319 e. The Hall–Kier alpha value is -2.25. The molecule has 2 aromatic rings. The maximum absolute atomic E-state index is 12.4. The van der Waals surface area contributed by atoms with Crippen LogP contribution in [-0.2, 0) is 14.4 Å². The molecule has 2 aromatic carbocycles. The van der Waals surface area contributed by atoms with E-state index in [-0.39, 0.29) is 10.9 Å². The summed E-state index contributed by atoms with van der Waals surface area (Å²) < 4.78 is 24.1. The fraction of sp³-hybridized carbons (Fsp3) is 0.286. The normalized spacial score (nSPS) is 11.7. The first-order valence-electron chi connectivity index (χ1n) is 8.90. The van der Waals surface area contributed by atoms with Gasteiger partial charge < -0.3 is 10.6 Å². The molecule has 2 rings (SSSR count). The number of carbonyl (C=O) groups excluding carboxylic acids is 1. The highest BCUT2D eigenvalue weighted by atomic mass is 33.1. The van der Waals surface area contributed by atoms with Crippen LogP contribution in [0.15, 0.2) is 60.0 Å². The Kier molecular flexibility index (Phi) is 6.96. The first kappa shape index (κ1) is 22.0. The van der Waals surface area contributed by atoms with Crippen molar-refractivity contribution in [2.24, 2.45) is 0 Å². The minimum absolute atomic E-state index is 0.224. The van der Waals surface area contributed by atoms with Crippen molar-refractivity contribution in [3.05, 3.63) is 66.2 Å². The highest BCUT2D eigenvalue weighted by molar-refractivity contribution is 8.72. The Balaban J connectivity index is 2.09. The highest BCUT2D eigenvalue weighted by Gasteiger charge is 2.23. The number of hydrogen-bond donors (Lipinski definition) is 2. The molecular weight excluding hydrogens is 392 g/mol. The van der Waals surface area contributed by atoms with Gasteiger partial charge in [0, 0.05) is 11.4 Å². The number of rotatable bonds is 7. The molecule has 0 heterocycles. The van der Waals surface area contributed by atoms with Crippen LogP contribution in [0.2, 0.25) is 0 Å². The summed E-state index contributed by atoms with van der Waals surface area (Å²) in [7, 11) is -2.47. The summed E-state index contributed by atoms with van der Waals surface area (Å²) in [4.78, 5) is 12.7. The van der Waals surface area contributed by atoms with E-state index < -0.39 is 14.4 Å². The van der Waals surface area contributed by atoms with E-state index in [2.05, 4.69) is 17.2 Å². The van der Waals surface area contributed by atoms with Gasteiger partial charge in [-0.05, 0) is 73.0 Å². The van der Waals surface area contributed by atoms with Gasteiger partial charge in [-0.25, -0.2) is 13.2 Å². The Morgan fingerprint density at radius 2 is 1.79 bits per heavy atom. The number of allylic oxidation sites excluding steroid dienone is 1. The lowest BCUT2D eigenvalue weighted by atomic mass is 9.92. The van der Waals surface area contributed by atoms with Gasteiger partial charge in [0.05, 0.1) is 10.4 Å². The number of nitrogens with one attached hydrogen (secondary N) is 2. The van der Waals surface area contributed by atoms with Gasteiger partial charge in [0.1, 0.15) is 0 Å². The molecule has 0 bridgehead atoms. The largest absolute Gasteiger partial charge is 0.329 e. The van der Waals surface area contributed by atoms with E-state index in [1.54, 1.807) is 19.1 Å². The zero-order valence-corrected chi connectivity index (χ0v) is 18.2. The summed E-state index contributed by atoms with van der Waals surface area (Å²) in [5.41, 5.74) is 2.86. The minimum atomic E-state index is -3.35. The van der Waals surface area contributed by atoms with Crippen LogP contribution in [-0.4, -0.2) is 20.2 Å². The molecule has 0 aliphatic heterocycles. The molecule has 150 valence electrons. The van der Waals surface area contributed by atoms with Gasteiger partial charge in [0.25, 0.3) is 0 Å².